The molecule has 0 saturated carbocycles. The quantitative estimate of drug-likeness (QED) is 0.0185. The lowest BCUT2D eigenvalue weighted by Crippen LogP contribution is -2.61. The van der Waals surface area contributed by atoms with Gasteiger partial charge in [-0.15, -0.1) is 0 Å². The van der Waals surface area contributed by atoms with Crippen LogP contribution in [0.2, 0.25) is 0 Å². The maximum Gasteiger partial charge on any atom is 0.397 e. The highest BCUT2D eigenvalue weighted by molar-refractivity contribution is 7.80. The van der Waals surface area contributed by atoms with Gasteiger partial charge in [-0.25, -0.2) is 4.18 Å². The second-order valence-electron chi connectivity index (χ2n) is 16.1. The number of aliphatic hydroxyl groups excluding tert-OH is 5. The number of amides is 1. The first-order valence-electron chi connectivity index (χ1n) is 22.7. The van der Waals surface area contributed by atoms with Crippen molar-refractivity contribution in [2.45, 2.75) is 243 Å². The highest BCUT2D eigenvalue weighted by atomic mass is 32.3. The van der Waals surface area contributed by atoms with Crippen LogP contribution in [0, 0.1) is 0 Å². The Hall–Kier alpha value is -1.20. The topological polar surface area (TPSA) is 212 Å². The summed E-state index contributed by atoms with van der Waals surface area (Å²) in [4.78, 5) is 13.1. The highest BCUT2D eigenvalue weighted by Crippen LogP contribution is 2.26. The first-order chi connectivity index (χ1) is 27.4. The molecular weight excluding hydrogens is 755 g/mol. The van der Waals surface area contributed by atoms with Gasteiger partial charge in [0.05, 0.1) is 25.4 Å². The summed E-state index contributed by atoms with van der Waals surface area (Å²) in [5.74, 6) is -0.702. The van der Waals surface area contributed by atoms with Crippen molar-refractivity contribution in [3.63, 3.8) is 0 Å². The number of ether oxygens (including phenoxy) is 2. The van der Waals surface area contributed by atoms with Crippen molar-refractivity contribution in [2.75, 3.05) is 13.2 Å². The largest absolute Gasteiger partial charge is 0.397 e. The van der Waals surface area contributed by atoms with Gasteiger partial charge in [0.25, 0.3) is 0 Å². The fourth-order valence-corrected chi connectivity index (χ4v) is 7.79. The third kappa shape index (κ3) is 27.3. The molecule has 1 heterocycles. The molecular formula is C43H83NO12S. The molecule has 0 aromatic carbocycles. The normalized spacial score (nSPS) is 21.9. The minimum Gasteiger partial charge on any atom is -0.394 e. The van der Waals surface area contributed by atoms with Gasteiger partial charge in [-0.05, 0) is 19.3 Å². The molecule has 8 atom stereocenters. The molecule has 0 aliphatic carbocycles. The van der Waals surface area contributed by atoms with Crippen molar-refractivity contribution in [3.8, 4) is 0 Å². The van der Waals surface area contributed by atoms with Crippen molar-refractivity contribution < 1.29 is 57.0 Å². The monoisotopic (exact) mass is 838 g/mol. The van der Waals surface area contributed by atoms with Gasteiger partial charge in [-0.3, -0.25) is 9.35 Å². The maximum absolute atomic E-state index is 13.1. The van der Waals surface area contributed by atoms with Crippen molar-refractivity contribution in [3.05, 3.63) is 12.2 Å². The van der Waals surface area contributed by atoms with Gasteiger partial charge in [0, 0.05) is 0 Å². The van der Waals surface area contributed by atoms with Crippen LogP contribution in [-0.2, 0) is 28.9 Å². The zero-order chi connectivity index (χ0) is 42.2. The molecule has 57 heavy (non-hydrogen) atoms. The number of nitrogens with one attached hydrogen (secondary N) is 1. The van der Waals surface area contributed by atoms with Gasteiger partial charge in [0.2, 0.25) is 5.91 Å². The molecule has 1 aliphatic heterocycles. The minimum atomic E-state index is -5.11. The first kappa shape index (κ1) is 53.8. The van der Waals surface area contributed by atoms with Gasteiger partial charge in [-0.2, -0.15) is 8.42 Å². The van der Waals surface area contributed by atoms with E-state index in [0.717, 1.165) is 38.5 Å². The summed E-state index contributed by atoms with van der Waals surface area (Å²) in [6.07, 6.45) is 24.4. The van der Waals surface area contributed by atoms with Crippen LogP contribution in [0.15, 0.2) is 12.2 Å². The number of carbonyl (C=O) groups is 1. The average molecular weight is 838 g/mol. The fourth-order valence-electron chi connectivity index (χ4n) is 7.28. The van der Waals surface area contributed by atoms with E-state index in [9.17, 15) is 38.7 Å². The van der Waals surface area contributed by atoms with Gasteiger partial charge in [-0.1, -0.05) is 187 Å². The third-order valence-electron chi connectivity index (χ3n) is 10.9. The maximum atomic E-state index is 13.1. The Morgan fingerprint density at radius 3 is 1.58 bits per heavy atom. The Morgan fingerprint density at radius 2 is 1.14 bits per heavy atom. The van der Waals surface area contributed by atoms with Crippen LogP contribution in [-0.4, -0.2) is 107 Å². The van der Waals surface area contributed by atoms with E-state index in [1.54, 1.807) is 0 Å². The smallest absolute Gasteiger partial charge is 0.394 e. The van der Waals surface area contributed by atoms with Crippen molar-refractivity contribution in [2.24, 2.45) is 0 Å². The molecule has 1 saturated heterocycles. The summed E-state index contributed by atoms with van der Waals surface area (Å²) < 4.78 is 47.4. The summed E-state index contributed by atoms with van der Waals surface area (Å²) in [6, 6.07) is -1.11. The number of aliphatic hydroxyl groups is 5. The molecule has 0 spiro atoms. The lowest BCUT2D eigenvalue weighted by molar-refractivity contribution is -0.298. The van der Waals surface area contributed by atoms with E-state index < -0.39 is 78.5 Å². The van der Waals surface area contributed by atoms with Gasteiger partial charge in [0.1, 0.15) is 30.5 Å². The van der Waals surface area contributed by atoms with E-state index in [1.807, 2.05) is 6.08 Å². The molecule has 1 rings (SSSR count). The molecule has 0 aromatic heterocycles. The Balaban J connectivity index is 2.60. The van der Waals surface area contributed by atoms with Crippen LogP contribution >= 0.6 is 0 Å². The predicted octanol–water partition coefficient (Wildman–Crippen LogP) is 7.36. The Morgan fingerprint density at radius 1 is 0.702 bits per heavy atom. The van der Waals surface area contributed by atoms with Crippen LogP contribution < -0.4 is 5.32 Å². The zero-order valence-corrected chi connectivity index (χ0v) is 36.3. The summed E-state index contributed by atoms with van der Waals surface area (Å²) in [7, 11) is -5.11. The highest BCUT2D eigenvalue weighted by Gasteiger charge is 2.48. The zero-order valence-electron chi connectivity index (χ0n) is 35.5. The Labute approximate surface area is 345 Å². The lowest BCUT2D eigenvalue weighted by Gasteiger charge is -2.41. The van der Waals surface area contributed by atoms with Crippen LogP contribution in [0.3, 0.4) is 0 Å². The molecule has 0 radical (unpaired) electrons. The molecule has 1 fully saturated rings. The first-order valence-corrected chi connectivity index (χ1v) is 24.0. The van der Waals surface area contributed by atoms with Crippen LogP contribution in [0.4, 0.5) is 0 Å². The molecule has 0 bridgehead atoms. The predicted molar refractivity (Wildman–Crippen MR) is 224 cm³/mol. The standard InChI is InChI=1S/C43H83NO12S/c1-3-5-7-9-11-13-15-16-17-18-19-20-22-23-25-27-29-31-36(46)35(34-54-43-40(49)41(56-57(51,52)53)39(48)38(33-45)55-43)44-42(50)37(47)32-30-28-26-24-21-14-12-10-8-6-4-2/h29,31,35-41,43,45-49H,3-28,30,32-34H2,1-2H3,(H,44,50)(H,51,52,53)/b31-29+. The summed E-state index contributed by atoms with van der Waals surface area (Å²) in [5.41, 5.74) is 0. The number of hydrogen-bond acceptors (Lipinski definition) is 11. The summed E-state index contributed by atoms with van der Waals surface area (Å²) >= 11 is 0. The molecule has 13 nitrogen and oxygen atoms in total. The minimum absolute atomic E-state index is 0.247. The van der Waals surface area contributed by atoms with Gasteiger partial charge in [0.15, 0.2) is 6.29 Å². The second-order valence-corrected chi connectivity index (χ2v) is 17.2. The Bertz CT molecular complexity index is 1100. The van der Waals surface area contributed by atoms with E-state index in [2.05, 4.69) is 23.3 Å². The third-order valence-corrected chi connectivity index (χ3v) is 11.4. The number of hydrogen-bond donors (Lipinski definition) is 7. The number of allylic oxidation sites excluding steroid dienone is 1. The summed E-state index contributed by atoms with van der Waals surface area (Å²) in [6.45, 7) is 3.20. The molecule has 1 amide bonds. The van der Waals surface area contributed by atoms with Crippen LogP contribution in [0.5, 0.6) is 0 Å². The SMILES string of the molecule is CCCCCCCCCCCCCCCCC/C=C/C(O)C(COC1OC(CO)C(O)C(OS(=O)(=O)O)C1O)NC(=O)C(O)CCCCCCCCCCCCC. The molecule has 0 aromatic rings. The van der Waals surface area contributed by atoms with E-state index >= 15 is 0 Å². The van der Waals surface area contributed by atoms with E-state index in [-0.39, 0.29) is 6.42 Å². The number of carbonyl (C=O) groups excluding carboxylic acids is 1. The summed E-state index contributed by atoms with van der Waals surface area (Å²) in [5, 5.41) is 55.1. The molecule has 8 unspecified atom stereocenters. The number of unbranched alkanes of at least 4 members (excludes halogenated alkanes) is 25. The molecule has 7 N–H and O–H groups in total. The second kappa shape index (κ2) is 34.5. The van der Waals surface area contributed by atoms with E-state index in [1.165, 1.54) is 128 Å². The van der Waals surface area contributed by atoms with Gasteiger partial charge < -0.3 is 40.3 Å². The van der Waals surface area contributed by atoms with Crippen molar-refractivity contribution in [1.82, 2.24) is 5.32 Å². The van der Waals surface area contributed by atoms with Crippen LogP contribution in [0.1, 0.15) is 194 Å². The average Bonchev–Trinajstić information content (AvgIpc) is 3.18. The number of rotatable bonds is 38. The fraction of sp³-hybridized carbons (Fsp3) is 0.930. The van der Waals surface area contributed by atoms with Crippen molar-refractivity contribution >= 4 is 16.3 Å². The molecule has 338 valence electrons. The Kier molecular flexibility index (Phi) is 32.6. The van der Waals surface area contributed by atoms with E-state index in [0.29, 0.717) is 12.8 Å². The van der Waals surface area contributed by atoms with Crippen molar-refractivity contribution in [1.29, 1.82) is 0 Å². The molecule has 1 aliphatic rings. The van der Waals surface area contributed by atoms with E-state index in [4.69, 9.17) is 14.0 Å². The molecule has 14 heteroatoms. The lowest BCUT2D eigenvalue weighted by atomic mass is 9.99. The van der Waals surface area contributed by atoms with Crippen LogP contribution in [0.25, 0.3) is 0 Å². The van der Waals surface area contributed by atoms with Gasteiger partial charge >= 0.3 is 10.4 Å².